The van der Waals surface area contributed by atoms with E-state index >= 15 is 0 Å². The van der Waals surface area contributed by atoms with E-state index in [0.717, 1.165) is 25.7 Å². The fourth-order valence-electron chi connectivity index (χ4n) is 3.15. The highest BCUT2D eigenvalue weighted by atomic mass is 16.6. The van der Waals surface area contributed by atoms with Crippen LogP contribution in [0, 0.1) is 10.1 Å². The molecule has 1 saturated carbocycles. The first-order chi connectivity index (χ1) is 11.5. The maximum Gasteiger partial charge on any atom is 0.293 e. The Morgan fingerprint density at radius 3 is 2.46 bits per heavy atom. The lowest BCUT2D eigenvalue weighted by atomic mass is 10.0. The number of rotatable bonds is 5. The fourth-order valence-corrected chi connectivity index (χ4v) is 3.15. The summed E-state index contributed by atoms with van der Waals surface area (Å²) in [5.74, 6) is -0.117. The van der Waals surface area contributed by atoms with Gasteiger partial charge in [-0.05, 0) is 51.9 Å². The third kappa shape index (κ3) is 3.67. The van der Waals surface area contributed by atoms with E-state index in [-0.39, 0.29) is 11.6 Å². The summed E-state index contributed by atoms with van der Waals surface area (Å²) in [6.45, 7) is 1.38. The molecule has 3 rings (SSSR count). The molecule has 0 atom stereocenters. The van der Waals surface area contributed by atoms with Crippen molar-refractivity contribution >= 4 is 17.3 Å². The lowest BCUT2D eigenvalue weighted by Crippen LogP contribution is -2.44. The molecule has 0 spiro atoms. The van der Waals surface area contributed by atoms with Crippen LogP contribution in [0.2, 0.25) is 0 Å². The minimum atomic E-state index is -0.417. The van der Waals surface area contributed by atoms with Crippen molar-refractivity contribution in [3.05, 3.63) is 33.9 Å². The van der Waals surface area contributed by atoms with Gasteiger partial charge in [-0.15, -0.1) is 0 Å². The lowest BCUT2D eigenvalue weighted by molar-refractivity contribution is -0.384. The minimum absolute atomic E-state index is 0.0177. The number of nitro benzene ring substituents is 1. The van der Waals surface area contributed by atoms with Crippen molar-refractivity contribution in [3.8, 4) is 0 Å². The number of nitrogens with zero attached hydrogens (tertiary/aromatic N) is 3. The zero-order chi connectivity index (χ0) is 17.3. The number of piperidine rings is 1. The van der Waals surface area contributed by atoms with Gasteiger partial charge in [-0.1, -0.05) is 0 Å². The molecule has 24 heavy (non-hydrogen) atoms. The normalized spacial score (nSPS) is 18.7. The van der Waals surface area contributed by atoms with Gasteiger partial charge >= 0.3 is 0 Å². The first-order valence-corrected chi connectivity index (χ1v) is 8.46. The van der Waals surface area contributed by atoms with Crippen LogP contribution in [0.4, 0.5) is 11.4 Å². The molecule has 1 amide bonds. The van der Waals surface area contributed by atoms with Crippen molar-refractivity contribution in [1.82, 2.24) is 9.80 Å². The standard InChI is InChI=1S/C17H24N4O3/c1-19(2)14-7-9-20(10-8-14)17(22)12-3-6-15(18-13-4-5-13)16(11-12)21(23)24/h3,6,11,13-14,18H,4-5,7-10H2,1-2H3. The number of nitro groups is 1. The second-order valence-corrected chi connectivity index (χ2v) is 6.89. The van der Waals surface area contributed by atoms with Gasteiger partial charge in [-0.2, -0.15) is 0 Å². The van der Waals surface area contributed by atoms with Crippen LogP contribution in [-0.2, 0) is 0 Å². The Hall–Kier alpha value is -2.15. The topological polar surface area (TPSA) is 78.7 Å². The van der Waals surface area contributed by atoms with Gasteiger partial charge in [0.25, 0.3) is 11.6 Å². The molecule has 2 fully saturated rings. The molecule has 1 aliphatic heterocycles. The molecular formula is C17H24N4O3. The van der Waals surface area contributed by atoms with Crippen LogP contribution in [0.15, 0.2) is 18.2 Å². The molecule has 0 unspecified atom stereocenters. The van der Waals surface area contributed by atoms with Crippen LogP contribution in [0.3, 0.4) is 0 Å². The summed E-state index contributed by atoms with van der Waals surface area (Å²) in [6, 6.07) is 5.59. The number of benzene rings is 1. The van der Waals surface area contributed by atoms with E-state index in [4.69, 9.17) is 0 Å². The molecule has 1 N–H and O–H groups in total. The molecule has 0 radical (unpaired) electrons. The van der Waals surface area contributed by atoms with Crippen LogP contribution in [0.5, 0.6) is 0 Å². The van der Waals surface area contributed by atoms with Gasteiger partial charge in [0.2, 0.25) is 0 Å². The second kappa shape index (κ2) is 6.76. The molecule has 1 aromatic rings. The second-order valence-electron chi connectivity index (χ2n) is 6.89. The average Bonchev–Trinajstić information content (AvgIpc) is 3.38. The molecule has 0 bridgehead atoms. The third-order valence-electron chi connectivity index (χ3n) is 4.86. The van der Waals surface area contributed by atoms with E-state index in [0.29, 0.717) is 36.4 Å². The number of nitrogens with one attached hydrogen (secondary N) is 1. The van der Waals surface area contributed by atoms with Crippen molar-refractivity contribution in [3.63, 3.8) is 0 Å². The summed E-state index contributed by atoms with van der Waals surface area (Å²) in [7, 11) is 4.11. The Balaban J connectivity index is 1.73. The Morgan fingerprint density at radius 1 is 1.25 bits per heavy atom. The van der Waals surface area contributed by atoms with E-state index in [1.54, 1.807) is 17.0 Å². The van der Waals surface area contributed by atoms with Crippen LogP contribution in [0.25, 0.3) is 0 Å². The maximum absolute atomic E-state index is 12.7. The van der Waals surface area contributed by atoms with Crippen molar-refractivity contribution in [1.29, 1.82) is 0 Å². The number of carbonyl (C=O) groups excluding carboxylic acids is 1. The van der Waals surface area contributed by atoms with Crippen LogP contribution in [-0.4, -0.2) is 59.9 Å². The predicted octanol–water partition coefficient (Wildman–Crippen LogP) is 2.34. The smallest absolute Gasteiger partial charge is 0.293 e. The van der Waals surface area contributed by atoms with Gasteiger partial charge in [0.05, 0.1) is 4.92 Å². The fraction of sp³-hybridized carbons (Fsp3) is 0.588. The minimum Gasteiger partial charge on any atom is -0.377 e. The molecule has 130 valence electrons. The van der Waals surface area contributed by atoms with Crippen LogP contribution >= 0.6 is 0 Å². The Bertz CT molecular complexity index is 635. The molecule has 7 nitrogen and oxygen atoms in total. The van der Waals surface area contributed by atoms with Crippen molar-refractivity contribution in [2.45, 2.75) is 37.8 Å². The summed E-state index contributed by atoms with van der Waals surface area (Å²) in [6.07, 6.45) is 3.95. The van der Waals surface area contributed by atoms with E-state index in [1.165, 1.54) is 6.07 Å². The number of amides is 1. The highest BCUT2D eigenvalue weighted by molar-refractivity contribution is 5.95. The number of hydrogen-bond donors (Lipinski definition) is 1. The number of carbonyl (C=O) groups is 1. The van der Waals surface area contributed by atoms with Crippen molar-refractivity contribution in [2.24, 2.45) is 0 Å². The largest absolute Gasteiger partial charge is 0.377 e. The summed E-state index contributed by atoms with van der Waals surface area (Å²) in [5.41, 5.74) is 0.882. The summed E-state index contributed by atoms with van der Waals surface area (Å²) in [5, 5.41) is 14.5. The lowest BCUT2D eigenvalue weighted by Gasteiger charge is -2.35. The number of hydrogen-bond acceptors (Lipinski definition) is 5. The Labute approximate surface area is 141 Å². The highest BCUT2D eigenvalue weighted by Gasteiger charge is 2.28. The van der Waals surface area contributed by atoms with Gasteiger partial charge in [-0.25, -0.2) is 0 Å². The molecule has 2 aliphatic rings. The zero-order valence-electron chi connectivity index (χ0n) is 14.2. The van der Waals surface area contributed by atoms with Gasteiger partial charge in [0.15, 0.2) is 0 Å². The van der Waals surface area contributed by atoms with Crippen LogP contribution < -0.4 is 5.32 Å². The quantitative estimate of drug-likeness (QED) is 0.661. The maximum atomic E-state index is 12.7. The van der Waals surface area contributed by atoms with Crippen LogP contribution in [0.1, 0.15) is 36.0 Å². The molecular weight excluding hydrogens is 308 g/mol. The molecule has 1 saturated heterocycles. The van der Waals surface area contributed by atoms with Gasteiger partial charge < -0.3 is 15.1 Å². The SMILES string of the molecule is CN(C)C1CCN(C(=O)c2ccc(NC3CC3)c([N+](=O)[O-])c2)CC1. The van der Waals surface area contributed by atoms with Crippen molar-refractivity contribution < 1.29 is 9.72 Å². The van der Waals surface area contributed by atoms with Gasteiger partial charge in [0.1, 0.15) is 5.69 Å². The summed E-state index contributed by atoms with van der Waals surface area (Å²) >= 11 is 0. The summed E-state index contributed by atoms with van der Waals surface area (Å²) in [4.78, 5) is 27.6. The molecule has 7 heteroatoms. The predicted molar refractivity (Wildman–Crippen MR) is 92.4 cm³/mol. The molecule has 0 aromatic heterocycles. The van der Waals surface area contributed by atoms with Gasteiger partial charge in [0, 0.05) is 36.8 Å². The zero-order valence-corrected chi connectivity index (χ0v) is 14.2. The Morgan fingerprint density at radius 2 is 1.92 bits per heavy atom. The van der Waals surface area contributed by atoms with E-state index < -0.39 is 4.92 Å². The number of anilines is 1. The number of likely N-dealkylation sites (tertiary alicyclic amines) is 1. The summed E-state index contributed by atoms with van der Waals surface area (Å²) < 4.78 is 0. The van der Waals surface area contributed by atoms with Crippen molar-refractivity contribution in [2.75, 3.05) is 32.5 Å². The first-order valence-electron chi connectivity index (χ1n) is 8.46. The molecule has 1 aliphatic carbocycles. The molecule has 1 heterocycles. The molecule has 1 aromatic carbocycles. The van der Waals surface area contributed by atoms with E-state index in [2.05, 4.69) is 24.3 Å². The van der Waals surface area contributed by atoms with Gasteiger partial charge in [-0.3, -0.25) is 14.9 Å². The van der Waals surface area contributed by atoms with E-state index in [1.807, 2.05) is 0 Å². The highest BCUT2D eigenvalue weighted by Crippen LogP contribution is 2.32. The van der Waals surface area contributed by atoms with E-state index in [9.17, 15) is 14.9 Å². The third-order valence-corrected chi connectivity index (χ3v) is 4.86. The average molecular weight is 332 g/mol. The Kier molecular flexibility index (Phi) is 4.71. The first kappa shape index (κ1) is 16.7. The monoisotopic (exact) mass is 332 g/mol.